The minimum atomic E-state index is -0.536. The Morgan fingerprint density at radius 3 is 2.56 bits per heavy atom. The van der Waals surface area contributed by atoms with E-state index in [0.717, 1.165) is 80.6 Å². The monoisotopic (exact) mass is 802 g/mol. The van der Waals surface area contributed by atoms with Gasteiger partial charge in [0.1, 0.15) is 16.9 Å². The maximum Gasteiger partial charge on any atom is 0.251 e. The van der Waals surface area contributed by atoms with Crippen LogP contribution in [0.1, 0.15) is 92.0 Å². The number of aryl methyl sites for hydroxylation is 2. The van der Waals surface area contributed by atoms with Gasteiger partial charge in [0, 0.05) is 57.6 Å². The number of hydrogen-bond donors (Lipinski definition) is 3. The molecule has 0 aliphatic carbocycles. The highest BCUT2D eigenvalue weighted by Gasteiger charge is 2.33. The molecule has 1 atom stereocenters. The predicted octanol–water partition coefficient (Wildman–Crippen LogP) is 6.53. The van der Waals surface area contributed by atoms with Crippen LogP contribution in [0.25, 0.3) is 5.00 Å². The van der Waals surface area contributed by atoms with Gasteiger partial charge in [0.15, 0.2) is 5.82 Å². The van der Waals surface area contributed by atoms with Crippen molar-refractivity contribution in [1.82, 2.24) is 25.4 Å². The maximum absolute atomic E-state index is 13.4. The van der Waals surface area contributed by atoms with Crippen molar-refractivity contribution < 1.29 is 19.2 Å². The van der Waals surface area contributed by atoms with E-state index in [0.29, 0.717) is 48.9 Å². The number of rotatable bonds is 12. The lowest BCUT2D eigenvalue weighted by Gasteiger charge is -2.18. The second kappa shape index (κ2) is 16.1. The topological polar surface area (TPSA) is 151 Å². The largest absolute Gasteiger partial charge is 0.356 e. The third-order valence-corrected chi connectivity index (χ3v) is 12.4. The molecule has 4 amide bonds. The number of unbranched alkanes of at least 4 members (excludes halogenated alkanes) is 2. The molecule has 3 aromatic carbocycles. The predicted molar refractivity (Wildman–Crippen MR) is 222 cm³/mol. The first kappa shape index (κ1) is 38.2. The van der Waals surface area contributed by atoms with E-state index in [-0.39, 0.29) is 36.5 Å². The van der Waals surface area contributed by atoms with Crippen LogP contribution in [-0.4, -0.2) is 63.7 Å². The molecule has 57 heavy (non-hydrogen) atoms. The number of carbonyl (C=O) groups is 4. The van der Waals surface area contributed by atoms with Gasteiger partial charge in [-0.05, 0) is 99.0 Å². The smallest absolute Gasteiger partial charge is 0.251 e. The van der Waals surface area contributed by atoms with Crippen LogP contribution in [0.2, 0.25) is 5.02 Å². The number of benzene rings is 3. The number of aromatic nitrogens is 3. The number of carbonyl (C=O) groups excluding carboxylic acids is 4. The summed E-state index contributed by atoms with van der Waals surface area (Å²) in [5.74, 6) is 1.03. The fourth-order valence-corrected chi connectivity index (χ4v) is 9.24. The molecule has 3 aliphatic heterocycles. The summed E-state index contributed by atoms with van der Waals surface area (Å²) in [5, 5.41) is 19.5. The summed E-state index contributed by atoms with van der Waals surface area (Å²) in [6.45, 7) is 7.63. The first-order valence-corrected chi connectivity index (χ1v) is 20.5. The van der Waals surface area contributed by atoms with Crippen molar-refractivity contribution in [1.29, 1.82) is 0 Å². The Kier molecular flexibility index (Phi) is 10.8. The average molecular weight is 803 g/mol. The van der Waals surface area contributed by atoms with Crippen LogP contribution in [0, 0.1) is 20.8 Å². The van der Waals surface area contributed by atoms with Crippen LogP contribution in [0.5, 0.6) is 0 Å². The minimum Gasteiger partial charge on any atom is -0.356 e. The molecular weight excluding hydrogens is 760 g/mol. The van der Waals surface area contributed by atoms with Crippen molar-refractivity contribution in [2.45, 2.75) is 71.8 Å². The van der Waals surface area contributed by atoms with Crippen LogP contribution in [-0.2, 0) is 33.6 Å². The third-order valence-electron chi connectivity index (χ3n) is 10.9. The van der Waals surface area contributed by atoms with E-state index in [1.807, 2.05) is 72.2 Å². The van der Waals surface area contributed by atoms with E-state index in [4.69, 9.17) is 16.6 Å². The van der Waals surface area contributed by atoms with Gasteiger partial charge >= 0.3 is 0 Å². The van der Waals surface area contributed by atoms with Crippen molar-refractivity contribution in [3.05, 3.63) is 121 Å². The molecule has 292 valence electrons. The lowest BCUT2D eigenvalue weighted by Crippen LogP contribution is -2.30. The number of fused-ring (bicyclic) bond motifs is 5. The van der Waals surface area contributed by atoms with Crippen LogP contribution >= 0.6 is 22.9 Å². The molecule has 0 saturated heterocycles. The Morgan fingerprint density at radius 1 is 0.965 bits per heavy atom. The normalized spacial score (nSPS) is 15.2. The summed E-state index contributed by atoms with van der Waals surface area (Å²) in [7, 11) is 0. The Hall–Kier alpha value is -5.66. The number of nitrogens with one attached hydrogen (secondary N) is 3. The first-order valence-electron chi connectivity index (χ1n) is 19.3. The highest BCUT2D eigenvalue weighted by molar-refractivity contribution is 7.15. The zero-order valence-corrected chi connectivity index (χ0v) is 33.6. The molecule has 0 unspecified atom stereocenters. The van der Waals surface area contributed by atoms with Gasteiger partial charge in [-0.2, -0.15) is 0 Å². The van der Waals surface area contributed by atoms with Crippen LogP contribution in [0.15, 0.2) is 65.7 Å². The van der Waals surface area contributed by atoms with E-state index in [1.165, 1.54) is 4.88 Å². The summed E-state index contributed by atoms with van der Waals surface area (Å²) < 4.78 is 2.04. The van der Waals surface area contributed by atoms with Crippen LogP contribution < -0.4 is 20.9 Å². The lowest BCUT2D eigenvalue weighted by molar-refractivity contribution is -0.121. The number of aliphatic imine (C=N–C) groups is 1. The SMILES string of the molecule is Cc1sc2c(c1C)C(c1ccc(Cl)cc1)=N[C@@H](CC(=O)NCCCCCNC(=O)c1cccc3c1CCN3C(=O)Cc1ccc3c(c1)CC(=O)N3)c1nnc(C)n1-2. The van der Waals surface area contributed by atoms with Crippen LogP contribution in [0.3, 0.4) is 0 Å². The lowest BCUT2D eigenvalue weighted by atomic mass is 9.99. The Bertz CT molecular complexity index is 2450. The molecular formula is C43H43ClN8O4S. The number of anilines is 2. The van der Waals surface area contributed by atoms with Crippen molar-refractivity contribution in [3.8, 4) is 5.00 Å². The van der Waals surface area contributed by atoms with E-state index in [9.17, 15) is 19.2 Å². The van der Waals surface area contributed by atoms with E-state index in [1.54, 1.807) is 16.2 Å². The molecule has 0 bridgehead atoms. The highest BCUT2D eigenvalue weighted by Crippen LogP contribution is 2.40. The van der Waals surface area contributed by atoms with Gasteiger partial charge in [-0.3, -0.25) is 28.7 Å². The second-order valence-corrected chi connectivity index (χ2v) is 16.4. The molecule has 0 fully saturated rings. The molecule has 0 radical (unpaired) electrons. The van der Waals surface area contributed by atoms with Gasteiger partial charge < -0.3 is 20.9 Å². The van der Waals surface area contributed by atoms with Gasteiger partial charge in [-0.15, -0.1) is 21.5 Å². The molecule has 5 aromatic rings. The summed E-state index contributed by atoms with van der Waals surface area (Å²) in [4.78, 5) is 59.8. The van der Waals surface area contributed by atoms with Gasteiger partial charge in [0.25, 0.3) is 5.91 Å². The summed E-state index contributed by atoms with van der Waals surface area (Å²) in [5.41, 5.74) is 8.69. The number of amides is 4. The van der Waals surface area contributed by atoms with Crippen molar-refractivity contribution in [2.24, 2.45) is 4.99 Å². The van der Waals surface area contributed by atoms with Crippen molar-refractivity contribution in [2.75, 3.05) is 29.9 Å². The second-order valence-electron chi connectivity index (χ2n) is 14.8. The van der Waals surface area contributed by atoms with Crippen LogP contribution in [0.4, 0.5) is 11.4 Å². The third kappa shape index (κ3) is 7.73. The van der Waals surface area contributed by atoms with E-state index in [2.05, 4.69) is 40.0 Å². The molecule has 3 aliphatic rings. The molecule has 8 rings (SSSR count). The average Bonchev–Trinajstić information content (AvgIpc) is 3.95. The van der Waals surface area contributed by atoms with Gasteiger partial charge in [-0.25, -0.2) is 0 Å². The molecule has 5 heterocycles. The highest BCUT2D eigenvalue weighted by atomic mass is 35.5. The Balaban J connectivity index is 0.826. The zero-order valence-electron chi connectivity index (χ0n) is 32.1. The maximum atomic E-state index is 13.4. The molecule has 12 nitrogen and oxygen atoms in total. The van der Waals surface area contributed by atoms with Gasteiger partial charge in [-0.1, -0.05) is 41.9 Å². The first-order chi connectivity index (χ1) is 27.5. The number of halogens is 1. The molecule has 0 saturated carbocycles. The standard InChI is InChI=1S/C43H43ClN8O4S/c1-24-25(2)57-43-39(24)40(28-11-13-30(44)14-12-28)48-34(41-50-49-26(3)52(41)43)23-36(53)45-17-5-4-6-18-46-42(56)32-8-7-9-35-31(32)16-19-51(35)38(55)21-27-10-15-33-29(20-27)22-37(54)47-33/h7-15,20,34H,4-6,16-19,21-23H2,1-3H3,(H,45,53)(H,46,56)(H,47,54)/t34-/m0/s1. The van der Waals surface area contributed by atoms with Crippen molar-refractivity contribution in [3.63, 3.8) is 0 Å². The van der Waals surface area contributed by atoms with Gasteiger partial charge in [0.2, 0.25) is 17.7 Å². The summed E-state index contributed by atoms with van der Waals surface area (Å²) in [6.07, 6.45) is 3.60. The fourth-order valence-electron chi connectivity index (χ4n) is 7.90. The Morgan fingerprint density at radius 2 is 1.75 bits per heavy atom. The summed E-state index contributed by atoms with van der Waals surface area (Å²) in [6, 6.07) is 18.3. The Labute approximate surface area is 339 Å². The summed E-state index contributed by atoms with van der Waals surface area (Å²) >= 11 is 7.91. The minimum absolute atomic E-state index is 0.0374. The quantitative estimate of drug-likeness (QED) is 0.122. The van der Waals surface area contributed by atoms with E-state index < -0.39 is 6.04 Å². The zero-order chi connectivity index (χ0) is 39.8. The number of hydrogen-bond acceptors (Lipinski definition) is 8. The molecule has 2 aromatic heterocycles. The molecule has 3 N–H and O–H groups in total. The van der Waals surface area contributed by atoms with E-state index >= 15 is 0 Å². The fraction of sp³-hybridized carbons (Fsp3) is 0.326. The van der Waals surface area contributed by atoms with Gasteiger partial charge in [0.05, 0.1) is 25.0 Å². The molecule has 14 heteroatoms. The number of nitrogens with zero attached hydrogens (tertiary/aromatic N) is 5. The van der Waals surface area contributed by atoms with Crippen molar-refractivity contribution >= 4 is 63.7 Å². The number of thiophene rings is 1. The molecule has 0 spiro atoms.